The summed E-state index contributed by atoms with van der Waals surface area (Å²) < 4.78 is 3.29. The minimum atomic E-state index is 0.0116. The molecule has 2 aromatic rings. The molecule has 0 saturated carbocycles. The predicted octanol–water partition coefficient (Wildman–Crippen LogP) is 2.54. The molecule has 24 heavy (non-hydrogen) atoms. The van der Waals surface area contributed by atoms with E-state index in [2.05, 4.69) is 55.2 Å². The molecule has 130 valence electrons. The van der Waals surface area contributed by atoms with Gasteiger partial charge in [-0.15, -0.1) is 0 Å². The number of hydrogen-bond donors (Lipinski definition) is 0. The molecule has 0 radical (unpaired) electrons. The zero-order chi connectivity index (χ0) is 17.3. The Morgan fingerprint density at radius 1 is 1.25 bits per heavy atom. The Bertz CT molecular complexity index is 742. The fraction of sp³-hybridized carbons (Fsp3) is 0.579. The number of aromatic nitrogens is 3. The molecule has 3 rings (SSSR count). The van der Waals surface area contributed by atoms with Gasteiger partial charge >= 0.3 is 5.69 Å². The largest absolute Gasteiger partial charge is 0.345 e. The molecular formula is C19H28N4O. The summed E-state index contributed by atoms with van der Waals surface area (Å²) in [6.45, 7) is 6.16. The van der Waals surface area contributed by atoms with Crippen LogP contribution in [0.25, 0.3) is 0 Å². The summed E-state index contributed by atoms with van der Waals surface area (Å²) in [5, 5.41) is 4.36. The molecule has 0 fully saturated rings. The van der Waals surface area contributed by atoms with Crippen molar-refractivity contribution in [2.75, 3.05) is 7.05 Å². The van der Waals surface area contributed by atoms with Crippen LogP contribution in [0.5, 0.6) is 0 Å². The van der Waals surface area contributed by atoms with Gasteiger partial charge in [0.2, 0.25) is 0 Å². The highest BCUT2D eigenvalue weighted by Crippen LogP contribution is 2.20. The van der Waals surface area contributed by atoms with Crippen molar-refractivity contribution in [3.05, 3.63) is 51.7 Å². The highest BCUT2D eigenvalue weighted by Gasteiger charge is 2.22. The predicted molar refractivity (Wildman–Crippen MR) is 96.2 cm³/mol. The van der Waals surface area contributed by atoms with Gasteiger partial charge in [-0.25, -0.2) is 9.48 Å². The van der Waals surface area contributed by atoms with Gasteiger partial charge in [-0.05, 0) is 36.9 Å². The van der Waals surface area contributed by atoms with Crippen molar-refractivity contribution >= 4 is 0 Å². The molecule has 0 bridgehead atoms. The molecule has 1 aliphatic rings. The Labute approximate surface area is 143 Å². The SMILES string of the molecule is CC(C)c1ccc(CN(C)C2CCc3nn(C)c(=O)n3CC2)cc1. The van der Waals surface area contributed by atoms with E-state index < -0.39 is 0 Å². The molecule has 0 saturated heterocycles. The van der Waals surface area contributed by atoms with Gasteiger partial charge in [-0.3, -0.25) is 9.47 Å². The lowest BCUT2D eigenvalue weighted by molar-refractivity contribution is 0.210. The minimum absolute atomic E-state index is 0.0116. The molecule has 2 heterocycles. The molecule has 5 nitrogen and oxygen atoms in total. The average molecular weight is 328 g/mol. The fourth-order valence-corrected chi connectivity index (χ4v) is 3.55. The molecule has 0 spiro atoms. The number of benzene rings is 1. The molecule has 0 aliphatic carbocycles. The molecule has 1 aromatic heterocycles. The van der Waals surface area contributed by atoms with Crippen LogP contribution in [-0.4, -0.2) is 32.3 Å². The Balaban J connectivity index is 1.64. The monoisotopic (exact) mass is 328 g/mol. The standard InChI is InChI=1S/C19H28N4O/c1-14(2)16-7-5-15(6-8-16)13-21(3)17-9-10-18-20-22(4)19(24)23(18)12-11-17/h5-8,14,17H,9-13H2,1-4H3. The van der Waals surface area contributed by atoms with Crippen LogP contribution in [0.4, 0.5) is 0 Å². The van der Waals surface area contributed by atoms with Gasteiger partial charge in [0.1, 0.15) is 5.82 Å². The van der Waals surface area contributed by atoms with Crippen molar-refractivity contribution in [2.24, 2.45) is 7.05 Å². The first-order chi connectivity index (χ1) is 11.5. The average Bonchev–Trinajstić information content (AvgIpc) is 2.73. The third kappa shape index (κ3) is 3.46. The summed E-state index contributed by atoms with van der Waals surface area (Å²) in [7, 11) is 3.92. The minimum Gasteiger partial charge on any atom is -0.299 e. The van der Waals surface area contributed by atoms with Crippen molar-refractivity contribution in [2.45, 2.75) is 58.2 Å². The zero-order valence-corrected chi connectivity index (χ0v) is 15.2. The highest BCUT2D eigenvalue weighted by molar-refractivity contribution is 5.24. The second-order valence-corrected chi connectivity index (χ2v) is 7.27. The van der Waals surface area contributed by atoms with Crippen molar-refractivity contribution in [3.8, 4) is 0 Å². The Morgan fingerprint density at radius 2 is 1.96 bits per heavy atom. The van der Waals surface area contributed by atoms with Crippen molar-refractivity contribution in [1.82, 2.24) is 19.2 Å². The van der Waals surface area contributed by atoms with Crippen molar-refractivity contribution in [1.29, 1.82) is 0 Å². The van der Waals surface area contributed by atoms with Crippen LogP contribution in [0.15, 0.2) is 29.1 Å². The number of hydrogen-bond acceptors (Lipinski definition) is 3. The Kier molecular flexibility index (Phi) is 4.90. The van der Waals surface area contributed by atoms with Crippen molar-refractivity contribution in [3.63, 3.8) is 0 Å². The lowest BCUT2D eigenvalue weighted by atomic mass is 10.0. The maximum Gasteiger partial charge on any atom is 0.345 e. The second kappa shape index (κ2) is 6.93. The van der Waals surface area contributed by atoms with Crippen LogP contribution in [0.2, 0.25) is 0 Å². The Morgan fingerprint density at radius 3 is 2.62 bits per heavy atom. The molecule has 0 N–H and O–H groups in total. The smallest absolute Gasteiger partial charge is 0.299 e. The lowest BCUT2D eigenvalue weighted by Gasteiger charge is -2.27. The van der Waals surface area contributed by atoms with Crippen LogP contribution in [-0.2, 0) is 26.6 Å². The van der Waals surface area contributed by atoms with E-state index in [4.69, 9.17) is 0 Å². The van der Waals surface area contributed by atoms with Crippen LogP contribution in [0, 0.1) is 0 Å². The number of fused-ring (bicyclic) bond motifs is 1. The lowest BCUT2D eigenvalue weighted by Crippen LogP contribution is -2.32. The molecule has 5 heteroatoms. The molecule has 1 aliphatic heterocycles. The molecule has 1 unspecified atom stereocenters. The maximum atomic E-state index is 12.1. The first-order valence-electron chi connectivity index (χ1n) is 8.87. The third-order valence-corrected chi connectivity index (χ3v) is 5.17. The van der Waals surface area contributed by atoms with E-state index in [1.165, 1.54) is 15.8 Å². The van der Waals surface area contributed by atoms with E-state index in [0.717, 1.165) is 38.2 Å². The van der Waals surface area contributed by atoms with E-state index in [1.807, 2.05) is 4.57 Å². The van der Waals surface area contributed by atoms with Gasteiger partial charge in [0, 0.05) is 32.6 Å². The van der Waals surface area contributed by atoms with E-state index in [-0.39, 0.29) is 5.69 Å². The molecule has 1 atom stereocenters. The summed E-state index contributed by atoms with van der Waals surface area (Å²) in [6.07, 6.45) is 2.92. The number of nitrogens with zero attached hydrogens (tertiary/aromatic N) is 4. The summed E-state index contributed by atoms with van der Waals surface area (Å²) in [6, 6.07) is 9.44. The van der Waals surface area contributed by atoms with Gasteiger partial charge in [0.15, 0.2) is 0 Å². The fourth-order valence-electron chi connectivity index (χ4n) is 3.55. The van der Waals surface area contributed by atoms with Gasteiger partial charge < -0.3 is 0 Å². The molecule has 0 amide bonds. The third-order valence-electron chi connectivity index (χ3n) is 5.17. The van der Waals surface area contributed by atoms with E-state index in [0.29, 0.717) is 12.0 Å². The summed E-state index contributed by atoms with van der Waals surface area (Å²) in [5.41, 5.74) is 2.74. The number of aryl methyl sites for hydroxylation is 2. The van der Waals surface area contributed by atoms with Gasteiger partial charge in [0.25, 0.3) is 0 Å². The van der Waals surface area contributed by atoms with Crippen LogP contribution in [0.1, 0.15) is 49.6 Å². The van der Waals surface area contributed by atoms with Crippen LogP contribution < -0.4 is 5.69 Å². The van der Waals surface area contributed by atoms with Crippen molar-refractivity contribution < 1.29 is 0 Å². The van der Waals surface area contributed by atoms with Crippen LogP contribution >= 0.6 is 0 Å². The first-order valence-corrected chi connectivity index (χ1v) is 8.87. The van der Waals surface area contributed by atoms with E-state index in [1.54, 1.807) is 7.05 Å². The summed E-state index contributed by atoms with van der Waals surface area (Å²) in [4.78, 5) is 14.5. The zero-order valence-electron chi connectivity index (χ0n) is 15.2. The highest BCUT2D eigenvalue weighted by atomic mass is 16.2. The van der Waals surface area contributed by atoms with Gasteiger partial charge in [-0.2, -0.15) is 5.10 Å². The summed E-state index contributed by atoms with van der Waals surface area (Å²) in [5.74, 6) is 1.50. The quantitative estimate of drug-likeness (QED) is 0.866. The van der Waals surface area contributed by atoms with E-state index in [9.17, 15) is 4.79 Å². The first kappa shape index (κ1) is 17.0. The molecule has 1 aromatic carbocycles. The van der Waals surface area contributed by atoms with E-state index >= 15 is 0 Å². The number of rotatable bonds is 4. The summed E-state index contributed by atoms with van der Waals surface area (Å²) >= 11 is 0. The normalized spacial score (nSPS) is 18.0. The van der Waals surface area contributed by atoms with Gasteiger partial charge in [-0.1, -0.05) is 38.1 Å². The maximum absolute atomic E-state index is 12.1. The Hall–Kier alpha value is -1.88. The van der Waals surface area contributed by atoms with Gasteiger partial charge in [0.05, 0.1) is 0 Å². The second-order valence-electron chi connectivity index (χ2n) is 7.27. The van der Waals surface area contributed by atoms with Crippen LogP contribution in [0.3, 0.4) is 0 Å². The topological polar surface area (TPSA) is 43.1 Å². The molecular weight excluding hydrogens is 300 g/mol.